The summed E-state index contributed by atoms with van der Waals surface area (Å²) in [5.41, 5.74) is 3.26. The number of amides is 1. The third-order valence-electron chi connectivity index (χ3n) is 6.84. The Hall–Kier alpha value is -2.86. The fourth-order valence-electron chi connectivity index (χ4n) is 4.73. The van der Waals surface area contributed by atoms with E-state index in [9.17, 15) is 4.79 Å². The molecule has 4 rings (SSSR count). The highest BCUT2D eigenvalue weighted by atomic mass is 35.5. The van der Waals surface area contributed by atoms with Crippen LogP contribution in [0.4, 0.5) is 0 Å². The average Bonchev–Trinajstić information content (AvgIpc) is 2.93. The number of carbonyl (C=O) groups excluding carboxylic acids is 1. The van der Waals surface area contributed by atoms with Crippen LogP contribution < -0.4 is 4.74 Å². The molecule has 0 radical (unpaired) electrons. The molecule has 2 unspecified atom stereocenters. The molecule has 0 aromatic heterocycles. The highest BCUT2D eigenvalue weighted by Crippen LogP contribution is 2.26. The summed E-state index contributed by atoms with van der Waals surface area (Å²) in [7, 11) is 1.67. The van der Waals surface area contributed by atoms with Crippen molar-refractivity contribution >= 4 is 17.5 Å². The highest BCUT2D eigenvalue weighted by Gasteiger charge is 2.28. The van der Waals surface area contributed by atoms with Crippen LogP contribution in [0.2, 0.25) is 5.02 Å². The minimum Gasteiger partial charge on any atom is -0.497 e. The zero-order valence-corrected chi connectivity index (χ0v) is 21.9. The maximum atomic E-state index is 13.3. The van der Waals surface area contributed by atoms with Crippen LogP contribution >= 0.6 is 11.6 Å². The summed E-state index contributed by atoms with van der Waals surface area (Å²) < 4.78 is 11.8. The van der Waals surface area contributed by atoms with Gasteiger partial charge in [-0.1, -0.05) is 73.1 Å². The van der Waals surface area contributed by atoms with Crippen molar-refractivity contribution in [3.63, 3.8) is 0 Å². The van der Waals surface area contributed by atoms with Gasteiger partial charge in [-0.3, -0.25) is 9.69 Å². The Labute approximate surface area is 219 Å². The molecule has 190 valence electrons. The quantitative estimate of drug-likeness (QED) is 0.341. The molecular formula is C30H35ClN2O3. The Morgan fingerprint density at radius 3 is 2.31 bits per heavy atom. The maximum Gasteiger partial charge on any atom is 0.230 e. The van der Waals surface area contributed by atoms with E-state index in [2.05, 4.69) is 24.0 Å². The Kier molecular flexibility index (Phi) is 9.40. The summed E-state index contributed by atoms with van der Waals surface area (Å²) in [5.74, 6) is 0.971. The lowest BCUT2D eigenvalue weighted by atomic mass is 9.95. The molecule has 3 aromatic carbocycles. The fraction of sp³-hybridized carbons (Fsp3) is 0.367. The summed E-state index contributed by atoms with van der Waals surface area (Å²) in [5, 5.41) is 0.710. The van der Waals surface area contributed by atoms with Crippen LogP contribution in [0.5, 0.6) is 5.75 Å². The minimum absolute atomic E-state index is 0.0780. The van der Waals surface area contributed by atoms with Gasteiger partial charge >= 0.3 is 0 Å². The van der Waals surface area contributed by atoms with Gasteiger partial charge in [-0.25, -0.2) is 0 Å². The van der Waals surface area contributed by atoms with Crippen molar-refractivity contribution in [1.82, 2.24) is 9.80 Å². The van der Waals surface area contributed by atoms with E-state index in [0.29, 0.717) is 11.6 Å². The number of methoxy groups -OCH3 is 1. The van der Waals surface area contributed by atoms with E-state index in [1.807, 2.05) is 71.6 Å². The van der Waals surface area contributed by atoms with Gasteiger partial charge in [0.15, 0.2) is 0 Å². The standard InChI is InChI=1S/C30H35ClN2O3/c1-3-28(24-9-5-4-6-10-24)30(34)33-18-16-32(17-19-33)21-29(25-12-14-26(31)15-13-25)36-22-23-8-7-11-27(20-23)35-2/h4-15,20,28-29H,3,16-19,21-22H2,1-2H3. The van der Waals surface area contributed by atoms with Crippen LogP contribution in [0.1, 0.15) is 42.1 Å². The summed E-state index contributed by atoms with van der Waals surface area (Å²) in [6.45, 7) is 6.42. The van der Waals surface area contributed by atoms with Crippen LogP contribution in [0.25, 0.3) is 0 Å². The highest BCUT2D eigenvalue weighted by molar-refractivity contribution is 6.30. The monoisotopic (exact) mass is 506 g/mol. The average molecular weight is 507 g/mol. The minimum atomic E-state index is -0.108. The van der Waals surface area contributed by atoms with E-state index in [1.165, 1.54) is 0 Å². The first kappa shape index (κ1) is 26.2. The van der Waals surface area contributed by atoms with Gasteiger partial charge in [0.05, 0.1) is 25.7 Å². The lowest BCUT2D eigenvalue weighted by molar-refractivity contribution is -0.135. The Morgan fingerprint density at radius 2 is 1.64 bits per heavy atom. The molecule has 1 fully saturated rings. The van der Waals surface area contributed by atoms with Gasteiger partial charge in [0, 0.05) is 37.7 Å². The molecule has 0 saturated carbocycles. The lowest BCUT2D eigenvalue weighted by Crippen LogP contribution is -2.50. The first-order valence-corrected chi connectivity index (χ1v) is 13.0. The molecule has 6 heteroatoms. The van der Waals surface area contributed by atoms with Crippen LogP contribution in [0.15, 0.2) is 78.9 Å². The molecule has 0 aliphatic carbocycles. The zero-order valence-electron chi connectivity index (χ0n) is 21.1. The molecule has 0 spiro atoms. The number of ether oxygens (including phenoxy) is 2. The second-order valence-electron chi connectivity index (χ2n) is 9.20. The number of hydrogen-bond donors (Lipinski definition) is 0. The van der Waals surface area contributed by atoms with E-state index in [0.717, 1.165) is 61.6 Å². The van der Waals surface area contributed by atoms with Crippen molar-refractivity contribution in [2.24, 2.45) is 0 Å². The molecular weight excluding hydrogens is 472 g/mol. The van der Waals surface area contributed by atoms with Gasteiger partial charge in [-0.05, 0) is 47.4 Å². The largest absolute Gasteiger partial charge is 0.497 e. The van der Waals surface area contributed by atoms with Crippen LogP contribution in [0, 0.1) is 0 Å². The second kappa shape index (κ2) is 12.9. The molecule has 2 atom stereocenters. The summed E-state index contributed by atoms with van der Waals surface area (Å²) >= 11 is 6.14. The van der Waals surface area contributed by atoms with Crippen molar-refractivity contribution in [3.8, 4) is 5.75 Å². The Morgan fingerprint density at radius 1 is 0.917 bits per heavy atom. The fourth-order valence-corrected chi connectivity index (χ4v) is 4.86. The smallest absolute Gasteiger partial charge is 0.230 e. The van der Waals surface area contributed by atoms with Crippen LogP contribution in [-0.4, -0.2) is 55.5 Å². The van der Waals surface area contributed by atoms with E-state index in [4.69, 9.17) is 21.1 Å². The van der Waals surface area contributed by atoms with E-state index >= 15 is 0 Å². The first-order chi connectivity index (χ1) is 17.6. The van der Waals surface area contributed by atoms with Crippen molar-refractivity contribution in [1.29, 1.82) is 0 Å². The van der Waals surface area contributed by atoms with E-state index < -0.39 is 0 Å². The molecule has 3 aromatic rings. The summed E-state index contributed by atoms with van der Waals surface area (Å²) in [6, 6.07) is 25.9. The number of carbonyl (C=O) groups is 1. The number of rotatable bonds is 10. The summed E-state index contributed by atoms with van der Waals surface area (Å²) in [4.78, 5) is 17.7. The molecule has 36 heavy (non-hydrogen) atoms. The molecule has 1 aliphatic heterocycles. The topological polar surface area (TPSA) is 42.0 Å². The molecule has 0 bridgehead atoms. The summed E-state index contributed by atoms with van der Waals surface area (Å²) in [6.07, 6.45) is 0.697. The van der Waals surface area contributed by atoms with Gasteiger partial charge in [0.2, 0.25) is 5.91 Å². The molecule has 1 amide bonds. The number of nitrogens with zero attached hydrogens (tertiary/aromatic N) is 2. The molecule has 5 nitrogen and oxygen atoms in total. The van der Waals surface area contributed by atoms with Crippen molar-refractivity contribution in [2.75, 3.05) is 39.8 Å². The van der Waals surface area contributed by atoms with Gasteiger partial charge in [0.1, 0.15) is 5.75 Å². The number of benzene rings is 3. The number of halogens is 1. The van der Waals surface area contributed by atoms with E-state index in [1.54, 1.807) is 7.11 Å². The van der Waals surface area contributed by atoms with Crippen LogP contribution in [0.3, 0.4) is 0 Å². The maximum absolute atomic E-state index is 13.3. The van der Waals surface area contributed by atoms with Crippen molar-refractivity contribution in [2.45, 2.75) is 32.0 Å². The normalized spacial score (nSPS) is 15.9. The van der Waals surface area contributed by atoms with Gasteiger partial charge in [-0.2, -0.15) is 0 Å². The third-order valence-corrected chi connectivity index (χ3v) is 7.10. The molecule has 0 N–H and O–H groups in total. The predicted octanol–water partition coefficient (Wildman–Crippen LogP) is 5.94. The number of hydrogen-bond acceptors (Lipinski definition) is 4. The SMILES string of the molecule is CCC(C(=O)N1CCN(CC(OCc2cccc(OC)c2)c2ccc(Cl)cc2)CC1)c1ccccc1. The molecule has 1 heterocycles. The Balaban J connectivity index is 1.38. The van der Waals surface area contributed by atoms with E-state index in [-0.39, 0.29) is 17.9 Å². The van der Waals surface area contributed by atoms with Gasteiger partial charge in [-0.15, -0.1) is 0 Å². The van der Waals surface area contributed by atoms with Crippen molar-refractivity contribution in [3.05, 3.63) is 101 Å². The molecule has 1 saturated heterocycles. The lowest BCUT2D eigenvalue weighted by Gasteiger charge is -2.38. The predicted molar refractivity (Wildman–Crippen MR) is 144 cm³/mol. The first-order valence-electron chi connectivity index (χ1n) is 12.6. The van der Waals surface area contributed by atoms with Gasteiger partial charge in [0.25, 0.3) is 0 Å². The second-order valence-corrected chi connectivity index (χ2v) is 9.64. The van der Waals surface area contributed by atoms with Crippen molar-refractivity contribution < 1.29 is 14.3 Å². The third kappa shape index (κ3) is 6.88. The number of piperazine rings is 1. The zero-order chi connectivity index (χ0) is 25.3. The van der Waals surface area contributed by atoms with Gasteiger partial charge < -0.3 is 14.4 Å². The van der Waals surface area contributed by atoms with Crippen LogP contribution in [-0.2, 0) is 16.1 Å². The molecule has 1 aliphatic rings. The Bertz CT molecular complexity index is 1100.